The highest BCUT2D eigenvalue weighted by Crippen LogP contribution is 2.26. The van der Waals surface area contributed by atoms with E-state index in [1.165, 1.54) is 16.9 Å². The molecule has 3 nitrogen and oxygen atoms in total. The van der Waals surface area contributed by atoms with E-state index in [1.54, 1.807) is 0 Å². The molecule has 0 aliphatic heterocycles. The van der Waals surface area contributed by atoms with Crippen molar-refractivity contribution in [3.63, 3.8) is 0 Å². The van der Waals surface area contributed by atoms with E-state index in [0.717, 1.165) is 22.2 Å². The van der Waals surface area contributed by atoms with Crippen LogP contribution in [0, 0.1) is 0 Å². The first-order chi connectivity index (χ1) is 11.0. The molecule has 0 atom stereocenters. The molecule has 1 heterocycles. The fourth-order valence-electron chi connectivity index (χ4n) is 2.31. The van der Waals surface area contributed by atoms with Crippen molar-refractivity contribution in [2.45, 2.75) is 17.7 Å². The van der Waals surface area contributed by atoms with Crippen molar-refractivity contribution in [3.8, 4) is 0 Å². The minimum atomic E-state index is -3.39. The van der Waals surface area contributed by atoms with Gasteiger partial charge in [0.2, 0.25) is 14.2 Å². The van der Waals surface area contributed by atoms with Crippen molar-refractivity contribution >= 4 is 31.4 Å². The molecule has 0 amide bonds. The largest absolute Gasteiger partial charge is 0.225 e. The number of fused-ring (bicyclic) bond motifs is 1. The van der Waals surface area contributed by atoms with Crippen molar-refractivity contribution in [3.05, 3.63) is 71.8 Å². The fourth-order valence-corrected chi connectivity index (χ4v) is 5.04. The molecule has 0 fully saturated rings. The van der Waals surface area contributed by atoms with Crippen LogP contribution in [0.15, 0.2) is 70.6 Å². The van der Waals surface area contributed by atoms with E-state index in [4.69, 9.17) is 0 Å². The predicted molar refractivity (Wildman–Crippen MR) is 95.6 cm³/mol. The predicted octanol–water partition coefficient (Wildman–Crippen LogP) is 4.26. The second-order valence-corrected chi connectivity index (χ2v) is 8.64. The molecule has 0 radical (unpaired) electrons. The quantitative estimate of drug-likeness (QED) is 0.650. The second-order valence-electron chi connectivity index (χ2n) is 5.45. The first-order valence-corrected chi connectivity index (χ1v) is 9.79. The Kier molecular flexibility index (Phi) is 4.59. The lowest BCUT2D eigenvalue weighted by atomic mass is 10.1. The average Bonchev–Trinajstić information content (AvgIpc) is 2.99. The average molecular weight is 343 g/mol. The van der Waals surface area contributed by atoms with Crippen molar-refractivity contribution in [2.75, 3.05) is 5.75 Å². The van der Waals surface area contributed by atoms with Gasteiger partial charge in [0.15, 0.2) is 0 Å². The van der Waals surface area contributed by atoms with Crippen LogP contribution in [0.5, 0.6) is 0 Å². The minimum Gasteiger partial charge on any atom is -0.225 e. The van der Waals surface area contributed by atoms with Gasteiger partial charge in [0.25, 0.3) is 0 Å². The number of thiazole rings is 1. The van der Waals surface area contributed by atoms with Gasteiger partial charge in [-0.05, 0) is 31.0 Å². The van der Waals surface area contributed by atoms with Gasteiger partial charge in [0, 0.05) is 0 Å². The number of hydrogen-bond donors (Lipinski definition) is 0. The molecular formula is C18H17NO2S2. The summed E-state index contributed by atoms with van der Waals surface area (Å²) in [6.07, 6.45) is 2.71. The fraction of sp³-hybridized carbons (Fsp3) is 0.167. The number of para-hydroxylation sites is 1. The second kappa shape index (κ2) is 6.64. The van der Waals surface area contributed by atoms with Gasteiger partial charge in [0.1, 0.15) is 0 Å². The zero-order valence-corrected chi connectivity index (χ0v) is 14.4. The van der Waals surface area contributed by atoms with Gasteiger partial charge in [-0.15, -0.1) is 11.3 Å². The number of allylic oxidation sites excluding steroid dienone is 1. The zero-order valence-electron chi connectivity index (χ0n) is 12.8. The van der Waals surface area contributed by atoms with Gasteiger partial charge >= 0.3 is 0 Å². The van der Waals surface area contributed by atoms with E-state index in [2.05, 4.69) is 4.98 Å². The maximum Gasteiger partial charge on any atom is 0.210 e. The lowest BCUT2D eigenvalue weighted by Crippen LogP contribution is -2.07. The summed E-state index contributed by atoms with van der Waals surface area (Å²) < 4.78 is 26.2. The molecule has 3 aromatic rings. The Labute approximate surface area is 140 Å². The van der Waals surface area contributed by atoms with Crippen LogP contribution in [0.2, 0.25) is 0 Å². The Bertz CT molecular complexity index is 908. The Balaban J connectivity index is 1.77. The van der Waals surface area contributed by atoms with Gasteiger partial charge in [0.05, 0.1) is 16.0 Å². The van der Waals surface area contributed by atoms with Crippen LogP contribution in [-0.4, -0.2) is 19.2 Å². The van der Waals surface area contributed by atoms with Crippen molar-refractivity contribution in [1.29, 1.82) is 0 Å². The third-order valence-corrected chi connectivity index (χ3v) is 6.79. The highest BCUT2D eigenvalue weighted by Gasteiger charge is 2.20. The zero-order chi connectivity index (χ0) is 16.3. The van der Waals surface area contributed by atoms with E-state index in [-0.39, 0.29) is 10.1 Å². The summed E-state index contributed by atoms with van der Waals surface area (Å²) in [5.74, 6) is 0.0135. The molecule has 23 heavy (non-hydrogen) atoms. The van der Waals surface area contributed by atoms with E-state index in [0.29, 0.717) is 0 Å². The molecule has 3 rings (SSSR count). The molecule has 0 spiro atoms. The van der Waals surface area contributed by atoms with Crippen LogP contribution in [0.3, 0.4) is 0 Å². The van der Waals surface area contributed by atoms with Crippen molar-refractivity contribution in [1.82, 2.24) is 4.98 Å². The summed E-state index contributed by atoms with van der Waals surface area (Å²) in [4.78, 5) is 4.26. The summed E-state index contributed by atoms with van der Waals surface area (Å²) >= 11 is 1.23. The highest BCUT2D eigenvalue weighted by atomic mass is 32.2. The van der Waals surface area contributed by atoms with Gasteiger partial charge in [-0.3, -0.25) is 0 Å². The summed E-state index contributed by atoms with van der Waals surface area (Å²) in [5.41, 5.74) is 2.75. The van der Waals surface area contributed by atoms with Crippen LogP contribution in [-0.2, 0) is 16.3 Å². The molecule has 5 heteroatoms. The summed E-state index contributed by atoms with van der Waals surface area (Å²) in [5, 5.41) is 0. The molecule has 0 saturated heterocycles. The summed E-state index contributed by atoms with van der Waals surface area (Å²) in [7, 11) is -3.39. The molecule has 0 saturated carbocycles. The van der Waals surface area contributed by atoms with Crippen LogP contribution in [0.1, 0.15) is 12.5 Å². The normalized spacial score (nSPS) is 12.7. The van der Waals surface area contributed by atoms with E-state index >= 15 is 0 Å². The van der Waals surface area contributed by atoms with E-state index < -0.39 is 9.84 Å². The topological polar surface area (TPSA) is 47.0 Å². The molecule has 0 aliphatic rings. The van der Waals surface area contributed by atoms with Crippen molar-refractivity contribution < 1.29 is 8.42 Å². The first kappa shape index (κ1) is 15.9. The number of benzene rings is 2. The molecular weight excluding hydrogens is 326 g/mol. The standard InChI is InChI=1S/C18H17NO2S2/c1-14(11-12-15-7-3-2-4-8-15)13-23(20,21)18-19-16-9-5-6-10-17(16)22-18/h2-11H,12-13H2,1H3/b14-11+. The Morgan fingerprint density at radius 1 is 1.09 bits per heavy atom. The lowest BCUT2D eigenvalue weighted by molar-refractivity contribution is 0.597. The smallest absolute Gasteiger partial charge is 0.210 e. The number of sulfone groups is 1. The van der Waals surface area contributed by atoms with E-state index in [1.807, 2.05) is 67.6 Å². The SMILES string of the molecule is C/C(=C\Cc1ccccc1)CS(=O)(=O)c1nc2ccccc2s1. The Morgan fingerprint density at radius 3 is 2.52 bits per heavy atom. The van der Waals surface area contributed by atoms with Crippen molar-refractivity contribution in [2.24, 2.45) is 0 Å². The maximum absolute atomic E-state index is 12.5. The lowest BCUT2D eigenvalue weighted by Gasteiger charge is -2.02. The van der Waals surface area contributed by atoms with Gasteiger partial charge in [-0.1, -0.05) is 54.1 Å². The van der Waals surface area contributed by atoms with Gasteiger partial charge < -0.3 is 0 Å². The highest BCUT2D eigenvalue weighted by molar-refractivity contribution is 7.93. The van der Waals surface area contributed by atoms with Crippen LogP contribution >= 0.6 is 11.3 Å². The first-order valence-electron chi connectivity index (χ1n) is 7.32. The number of nitrogens with zero attached hydrogens (tertiary/aromatic N) is 1. The molecule has 1 aromatic heterocycles. The van der Waals surface area contributed by atoms with Crippen LogP contribution in [0.25, 0.3) is 10.2 Å². The van der Waals surface area contributed by atoms with Crippen LogP contribution in [0.4, 0.5) is 0 Å². The number of aromatic nitrogens is 1. The Hall–Kier alpha value is -1.98. The third kappa shape index (κ3) is 3.86. The molecule has 0 bridgehead atoms. The van der Waals surface area contributed by atoms with Crippen LogP contribution < -0.4 is 0 Å². The molecule has 2 aromatic carbocycles. The molecule has 118 valence electrons. The minimum absolute atomic E-state index is 0.0135. The number of hydrogen-bond acceptors (Lipinski definition) is 4. The summed E-state index contributed by atoms with van der Waals surface area (Å²) in [6, 6.07) is 17.5. The monoisotopic (exact) mass is 343 g/mol. The van der Waals surface area contributed by atoms with Gasteiger partial charge in [-0.2, -0.15) is 0 Å². The molecule has 0 N–H and O–H groups in total. The number of rotatable bonds is 5. The third-order valence-electron chi connectivity index (χ3n) is 3.49. The Morgan fingerprint density at radius 2 is 1.78 bits per heavy atom. The summed E-state index contributed by atoms with van der Waals surface area (Å²) in [6.45, 7) is 1.85. The van der Waals surface area contributed by atoms with Gasteiger partial charge in [-0.25, -0.2) is 13.4 Å². The molecule has 0 unspecified atom stereocenters. The molecule has 0 aliphatic carbocycles. The maximum atomic E-state index is 12.5. The van der Waals surface area contributed by atoms with E-state index in [9.17, 15) is 8.42 Å².